The third-order valence-corrected chi connectivity index (χ3v) is 4.87. The molecule has 0 aliphatic heterocycles. The Morgan fingerprint density at radius 1 is 0.913 bits per heavy atom. The van der Waals surface area contributed by atoms with E-state index in [1.54, 1.807) is 0 Å². The summed E-state index contributed by atoms with van der Waals surface area (Å²) < 4.78 is 0. The first-order valence-corrected chi connectivity index (χ1v) is 9.00. The third-order valence-electron chi connectivity index (χ3n) is 4.87. The number of hydrogen-bond donors (Lipinski definition) is 1. The second-order valence-corrected chi connectivity index (χ2v) is 6.47. The van der Waals surface area contributed by atoms with Crippen molar-refractivity contribution in [2.24, 2.45) is 0 Å². The molecular formula is C22H31N. The van der Waals surface area contributed by atoms with E-state index in [1.807, 2.05) is 0 Å². The monoisotopic (exact) mass is 309 g/mol. The lowest BCUT2D eigenvalue weighted by Crippen LogP contribution is -2.13. The van der Waals surface area contributed by atoms with Crippen LogP contribution in [0.4, 0.5) is 0 Å². The molecule has 23 heavy (non-hydrogen) atoms. The van der Waals surface area contributed by atoms with Crippen LogP contribution >= 0.6 is 0 Å². The molecule has 0 aliphatic rings. The summed E-state index contributed by atoms with van der Waals surface area (Å²) in [5.74, 6) is 0.488. The van der Waals surface area contributed by atoms with Gasteiger partial charge in [-0.15, -0.1) is 0 Å². The van der Waals surface area contributed by atoms with Crippen molar-refractivity contribution in [2.45, 2.75) is 59.9 Å². The van der Waals surface area contributed by atoms with Gasteiger partial charge in [0, 0.05) is 12.5 Å². The molecule has 2 aromatic carbocycles. The van der Waals surface area contributed by atoms with Crippen LogP contribution in [0.1, 0.15) is 66.5 Å². The number of aryl methyl sites for hydroxylation is 3. The predicted molar refractivity (Wildman–Crippen MR) is 101 cm³/mol. The lowest BCUT2D eigenvalue weighted by Gasteiger charge is -2.21. The summed E-state index contributed by atoms with van der Waals surface area (Å²) in [5, 5.41) is 3.46. The van der Waals surface area contributed by atoms with Gasteiger partial charge in [-0.05, 0) is 66.6 Å². The molecule has 0 saturated carbocycles. The molecule has 1 heteroatoms. The second kappa shape index (κ2) is 8.31. The van der Waals surface area contributed by atoms with Crippen LogP contribution in [0.15, 0.2) is 36.4 Å². The molecular weight excluding hydrogens is 278 g/mol. The van der Waals surface area contributed by atoms with E-state index in [1.165, 1.54) is 33.4 Å². The maximum absolute atomic E-state index is 3.46. The number of rotatable bonds is 7. The van der Waals surface area contributed by atoms with Crippen molar-refractivity contribution in [1.29, 1.82) is 0 Å². The highest BCUT2D eigenvalue weighted by Crippen LogP contribution is 2.31. The van der Waals surface area contributed by atoms with Crippen LogP contribution in [0, 0.1) is 13.8 Å². The predicted octanol–water partition coefficient (Wildman–Crippen LogP) is 5.52. The Balaban J connectivity index is 2.37. The van der Waals surface area contributed by atoms with Crippen LogP contribution in [0.5, 0.6) is 0 Å². The molecule has 0 aliphatic carbocycles. The summed E-state index contributed by atoms with van der Waals surface area (Å²) in [6, 6.07) is 14.0. The van der Waals surface area contributed by atoms with Crippen molar-refractivity contribution in [2.75, 3.05) is 6.54 Å². The van der Waals surface area contributed by atoms with Crippen molar-refractivity contribution < 1.29 is 0 Å². The molecule has 0 amide bonds. The van der Waals surface area contributed by atoms with E-state index in [2.05, 4.69) is 76.3 Å². The summed E-state index contributed by atoms with van der Waals surface area (Å²) in [7, 11) is 0. The maximum Gasteiger partial charge on any atom is 0.0208 e. The Bertz CT molecular complexity index is 642. The van der Waals surface area contributed by atoms with Crippen molar-refractivity contribution in [3.63, 3.8) is 0 Å². The molecule has 2 rings (SSSR count). The summed E-state index contributed by atoms with van der Waals surface area (Å²) >= 11 is 0. The first kappa shape index (κ1) is 17.7. The zero-order chi connectivity index (χ0) is 16.8. The molecule has 0 saturated heterocycles. The average Bonchev–Trinajstić information content (AvgIpc) is 2.56. The summed E-state index contributed by atoms with van der Waals surface area (Å²) in [6.45, 7) is 13.1. The van der Waals surface area contributed by atoms with Crippen LogP contribution in [-0.2, 0) is 13.0 Å². The number of hydrogen-bond acceptors (Lipinski definition) is 1. The minimum Gasteiger partial charge on any atom is -0.313 e. The highest BCUT2D eigenvalue weighted by Gasteiger charge is 2.15. The van der Waals surface area contributed by atoms with Gasteiger partial charge in [0.05, 0.1) is 0 Å². The topological polar surface area (TPSA) is 12.0 Å². The molecule has 0 bridgehead atoms. The van der Waals surface area contributed by atoms with Crippen LogP contribution in [-0.4, -0.2) is 6.54 Å². The van der Waals surface area contributed by atoms with E-state index >= 15 is 0 Å². The lowest BCUT2D eigenvalue weighted by atomic mass is 9.84. The molecule has 1 atom stereocenters. The van der Waals surface area contributed by atoms with E-state index in [9.17, 15) is 0 Å². The fourth-order valence-corrected chi connectivity index (χ4v) is 3.34. The van der Waals surface area contributed by atoms with E-state index in [-0.39, 0.29) is 0 Å². The summed E-state index contributed by atoms with van der Waals surface area (Å²) in [6.07, 6.45) is 2.24. The first-order valence-electron chi connectivity index (χ1n) is 9.00. The highest BCUT2D eigenvalue weighted by molar-refractivity contribution is 5.42. The Kier molecular flexibility index (Phi) is 6.41. The van der Waals surface area contributed by atoms with Gasteiger partial charge in [0.25, 0.3) is 0 Å². The van der Waals surface area contributed by atoms with Crippen LogP contribution in [0.3, 0.4) is 0 Å². The minimum atomic E-state index is 0.488. The number of nitrogens with one attached hydrogen (secondary N) is 1. The largest absolute Gasteiger partial charge is 0.313 e. The highest BCUT2D eigenvalue weighted by atomic mass is 14.8. The Morgan fingerprint density at radius 3 is 2.30 bits per heavy atom. The van der Waals surface area contributed by atoms with E-state index < -0.39 is 0 Å². The normalized spacial score (nSPS) is 12.4. The van der Waals surface area contributed by atoms with Crippen LogP contribution in [0.25, 0.3) is 0 Å². The van der Waals surface area contributed by atoms with Gasteiger partial charge >= 0.3 is 0 Å². The van der Waals surface area contributed by atoms with Crippen molar-refractivity contribution in [3.8, 4) is 0 Å². The first-order chi connectivity index (χ1) is 11.1. The lowest BCUT2D eigenvalue weighted by molar-refractivity contribution is 0.717. The van der Waals surface area contributed by atoms with Crippen LogP contribution < -0.4 is 5.32 Å². The SMILES string of the molecule is CCNCc1cc(C(CC)c2ccc(CC)cc2C)ccc1C. The molecule has 1 unspecified atom stereocenters. The van der Waals surface area contributed by atoms with E-state index in [0.29, 0.717) is 5.92 Å². The summed E-state index contributed by atoms with van der Waals surface area (Å²) in [4.78, 5) is 0. The minimum absolute atomic E-state index is 0.488. The molecule has 124 valence electrons. The fourth-order valence-electron chi connectivity index (χ4n) is 3.34. The van der Waals surface area contributed by atoms with Gasteiger partial charge in [-0.2, -0.15) is 0 Å². The van der Waals surface area contributed by atoms with Gasteiger partial charge in [0.2, 0.25) is 0 Å². The van der Waals surface area contributed by atoms with Gasteiger partial charge in [-0.1, -0.05) is 57.2 Å². The Morgan fingerprint density at radius 2 is 1.70 bits per heavy atom. The maximum atomic E-state index is 3.46. The standard InChI is InChI=1S/C22H31N/c1-6-18-10-12-22(17(5)13-18)21(7-2)19-11-9-16(4)20(14-19)15-23-8-3/h9-14,21,23H,6-8,15H2,1-5H3. The van der Waals surface area contributed by atoms with Crippen molar-refractivity contribution >= 4 is 0 Å². The van der Waals surface area contributed by atoms with E-state index in [4.69, 9.17) is 0 Å². The Hall–Kier alpha value is -1.60. The molecule has 0 heterocycles. The molecule has 1 N–H and O–H groups in total. The zero-order valence-corrected chi connectivity index (χ0v) is 15.4. The molecule has 0 spiro atoms. The van der Waals surface area contributed by atoms with Crippen LogP contribution in [0.2, 0.25) is 0 Å². The number of benzene rings is 2. The molecule has 0 fully saturated rings. The molecule has 1 nitrogen and oxygen atoms in total. The van der Waals surface area contributed by atoms with E-state index in [0.717, 1.165) is 25.9 Å². The van der Waals surface area contributed by atoms with Gasteiger partial charge in [0.1, 0.15) is 0 Å². The van der Waals surface area contributed by atoms with Gasteiger partial charge in [-0.25, -0.2) is 0 Å². The Labute approximate surface area is 142 Å². The molecule has 2 aromatic rings. The smallest absolute Gasteiger partial charge is 0.0208 e. The third kappa shape index (κ3) is 4.23. The van der Waals surface area contributed by atoms with Gasteiger partial charge < -0.3 is 5.32 Å². The zero-order valence-electron chi connectivity index (χ0n) is 15.4. The molecule has 0 radical (unpaired) electrons. The van der Waals surface area contributed by atoms with Gasteiger partial charge in [-0.3, -0.25) is 0 Å². The average molecular weight is 309 g/mol. The second-order valence-electron chi connectivity index (χ2n) is 6.47. The quantitative estimate of drug-likeness (QED) is 0.710. The summed E-state index contributed by atoms with van der Waals surface area (Å²) in [5.41, 5.74) is 8.57. The van der Waals surface area contributed by atoms with Crippen molar-refractivity contribution in [1.82, 2.24) is 5.32 Å². The fraction of sp³-hybridized carbons (Fsp3) is 0.455. The van der Waals surface area contributed by atoms with Gasteiger partial charge in [0.15, 0.2) is 0 Å². The van der Waals surface area contributed by atoms with Crippen molar-refractivity contribution in [3.05, 3.63) is 69.8 Å². The molecule has 0 aromatic heterocycles.